The second-order valence-electron chi connectivity index (χ2n) is 2.66. The fourth-order valence-corrected chi connectivity index (χ4v) is 1.37. The molecule has 0 aliphatic rings. The summed E-state index contributed by atoms with van der Waals surface area (Å²) in [6.07, 6.45) is 1.74. The number of halogens is 3. The monoisotopic (exact) mass is 293 g/mol. The van der Waals surface area contributed by atoms with Crippen LogP contribution in [0.25, 0.3) is 6.08 Å². The number of hydrogen-bond donors (Lipinski definition) is 0. The zero-order chi connectivity index (χ0) is 12.1. The topological polar surface area (TPSA) is 52.4 Å². The minimum atomic E-state index is -2.97. The van der Waals surface area contributed by atoms with Crippen LogP contribution >= 0.6 is 15.9 Å². The summed E-state index contributed by atoms with van der Waals surface area (Å²) >= 11 is 3.12. The first-order valence-electron chi connectivity index (χ1n) is 4.05. The van der Waals surface area contributed by atoms with E-state index in [0.717, 1.165) is 6.08 Å². The fraction of sp³-hybridized carbons (Fsp3) is 0.111. The number of hydrogen-bond acceptors (Lipinski definition) is 3. The Morgan fingerprint density at radius 2 is 2.19 bits per heavy atom. The number of nitro groups is 1. The molecule has 0 amide bonds. The minimum absolute atomic E-state index is 0.115. The summed E-state index contributed by atoms with van der Waals surface area (Å²) < 4.78 is 28.8. The molecule has 0 fully saturated rings. The van der Waals surface area contributed by atoms with E-state index in [9.17, 15) is 18.9 Å². The molecule has 0 N–H and O–H groups in total. The molecule has 7 heteroatoms. The molecule has 16 heavy (non-hydrogen) atoms. The molecule has 4 nitrogen and oxygen atoms in total. The lowest BCUT2D eigenvalue weighted by Gasteiger charge is -2.07. The predicted octanol–water partition coefficient (Wildman–Crippen LogP) is 3.30. The molecule has 0 atom stereocenters. The zero-order valence-electron chi connectivity index (χ0n) is 7.77. The maximum atomic E-state index is 12.0. The van der Waals surface area contributed by atoms with Crippen molar-refractivity contribution in [3.63, 3.8) is 0 Å². The Balaban J connectivity index is 3.03. The van der Waals surface area contributed by atoms with Gasteiger partial charge in [0.05, 0.1) is 4.92 Å². The Hall–Kier alpha value is -1.50. The Kier molecular flexibility index (Phi) is 4.36. The Bertz CT molecular complexity index is 423. The highest BCUT2D eigenvalue weighted by atomic mass is 79.9. The molecule has 1 rings (SSSR count). The first kappa shape index (κ1) is 12.6. The summed E-state index contributed by atoms with van der Waals surface area (Å²) in [5, 5.41) is 10.1. The number of alkyl halides is 2. The highest BCUT2D eigenvalue weighted by Crippen LogP contribution is 2.25. The van der Waals surface area contributed by atoms with E-state index in [4.69, 9.17) is 0 Å². The molecule has 1 aromatic carbocycles. The third kappa shape index (κ3) is 3.93. The van der Waals surface area contributed by atoms with Crippen molar-refractivity contribution in [1.29, 1.82) is 0 Å². The maximum Gasteiger partial charge on any atom is 0.387 e. The van der Waals surface area contributed by atoms with Crippen LogP contribution in [0.4, 0.5) is 8.78 Å². The van der Waals surface area contributed by atoms with Gasteiger partial charge in [0.25, 0.3) is 0 Å². The first-order valence-corrected chi connectivity index (χ1v) is 4.84. The van der Waals surface area contributed by atoms with E-state index in [2.05, 4.69) is 20.7 Å². The third-order valence-corrected chi connectivity index (χ3v) is 2.06. The van der Waals surface area contributed by atoms with Crippen LogP contribution in [0, 0.1) is 10.1 Å². The van der Waals surface area contributed by atoms with Crippen molar-refractivity contribution in [3.8, 4) is 5.75 Å². The summed E-state index contributed by atoms with van der Waals surface area (Å²) in [6.45, 7) is -2.97. The maximum absolute atomic E-state index is 12.0. The van der Waals surface area contributed by atoms with Crippen molar-refractivity contribution in [2.24, 2.45) is 0 Å². The molecule has 0 bridgehead atoms. The van der Waals surface area contributed by atoms with Gasteiger partial charge in [-0.15, -0.1) is 0 Å². The average Bonchev–Trinajstić information content (AvgIpc) is 2.17. The van der Waals surface area contributed by atoms with Gasteiger partial charge in [-0.25, -0.2) is 0 Å². The Labute approximate surface area is 97.8 Å². The molecule has 0 saturated carbocycles. The summed E-state index contributed by atoms with van der Waals surface area (Å²) in [4.78, 5) is 9.42. The van der Waals surface area contributed by atoms with Crippen molar-refractivity contribution >= 4 is 22.0 Å². The smallest absolute Gasteiger partial charge is 0.387 e. The number of benzene rings is 1. The second-order valence-corrected chi connectivity index (χ2v) is 3.58. The molecule has 0 aliphatic carbocycles. The molecule has 0 unspecified atom stereocenters. The Morgan fingerprint density at radius 3 is 2.75 bits per heavy atom. The van der Waals surface area contributed by atoms with Gasteiger partial charge in [-0.2, -0.15) is 8.78 Å². The van der Waals surface area contributed by atoms with Crippen molar-refractivity contribution in [2.75, 3.05) is 0 Å². The van der Waals surface area contributed by atoms with Gasteiger partial charge in [-0.1, -0.05) is 15.9 Å². The summed E-state index contributed by atoms with van der Waals surface area (Å²) in [5.41, 5.74) is 0.200. The standard InChI is InChI=1S/C9H6BrF2NO3/c10-7-1-2-8(16-9(11)12)6(5-7)3-4-13(14)15/h1-5,9H/b4-3+. The molecular weight excluding hydrogens is 288 g/mol. The van der Waals surface area contributed by atoms with Crippen LogP contribution in [0.15, 0.2) is 28.9 Å². The van der Waals surface area contributed by atoms with Crippen LogP contribution in [-0.4, -0.2) is 11.5 Å². The van der Waals surface area contributed by atoms with Crippen LogP contribution in [0.1, 0.15) is 5.56 Å². The van der Waals surface area contributed by atoms with Crippen LogP contribution in [0.2, 0.25) is 0 Å². The Morgan fingerprint density at radius 1 is 1.50 bits per heavy atom. The van der Waals surface area contributed by atoms with E-state index < -0.39 is 11.5 Å². The average molecular weight is 294 g/mol. The van der Waals surface area contributed by atoms with Crippen molar-refractivity contribution in [1.82, 2.24) is 0 Å². The predicted molar refractivity (Wildman–Crippen MR) is 56.8 cm³/mol. The normalized spacial score (nSPS) is 11.0. The van der Waals surface area contributed by atoms with Crippen LogP contribution < -0.4 is 4.74 Å². The van der Waals surface area contributed by atoms with Gasteiger partial charge in [-0.05, 0) is 18.2 Å². The minimum Gasteiger partial charge on any atom is -0.434 e. The molecule has 86 valence electrons. The SMILES string of the molecule is O=[N+]([O-])/C=C/c1cc(Br)ccc1OC(F)F. The lowest BCUT2D eigenvalue weighted by Crippen LogP contribution is -2.03. The number of rotatable bonds is 4. The van der Waals surface area contributed by atoms with Gasteiger partial charge in [-0.3, -0.25) is 10.1 Å². The van der Waals surface area contributed by atoms with E-state index in [0.29, 0.717) is 10.7 Å². The molecule has 0 saturated heterocycles. The van der Waals surface area contributed by atoms with Crippen LogP contribution in [0.3, 0.4) is 0 Å². The van der Waals surface area contributed by atoms with E-state index in [1.807, 2.05) is 0 Å². The molecule has 1 aromatic rings. The zero-order valence-corrected chi connectivity index (χ0v) is 9.36. The molecule has 0 spiro atoms. The lowest BCUT2D eigenvalue weighted by molar-refractivity contribution is -0.400. The largest absolute Gasteiger partial charge is 0.434 e. The van der Waals surface area contributed by atoms with Crippen LogP contribution in [0.5, 0.6) is 5.75 Å². The van der Waals surface area contributed by atoms with Gasteiger partial charge in [0, 0.05) is 16.1 Å². The van der Waals surface area contributed by atoms with E-state index in [-0.39, 0.29) is 11.3 Å². The molecular formula is C9H6BrF2NO3. The van der Waals surface area contributed by atoms with E-state index in [1.54, 1.807) is 0 Å². The van der Waals surface area contributed by atoms with E-state index in [1.165, 1.54) is 18.2 Å². The second kappa shape index (κ2) is 5.55. The molecule has 0 radical (unpaired) electrons. The van der Waals surface area contributed by atoms with Gasteiger partial charge in [0.1, 0.15) is 5.75 Å². The summed E-state index contributed by atoms with van der Waals surface area (Å²) in [7, 11) is 0. The number of nitrogens with zero attached hydrogens (tertiary/aromatic N) is 1. The lowest BCUT2D eigenvalue weighted by atomic mass is 10.2. The molecule has 0 aromatic heterocycles. The third-order valence-electron chi connectivity index (χ3n) is 1.56. The fourth-order valence-electron chi connectivity index (χ4n) is 0.994. The summed E-state index contributed by atoms with van der Waals surface area (Å²) in [5.74, 6) is -0.115. The van der Waals surface area contributed by atoms with Gasteiger partial charge < -0.3 is 4.74 Å². The van der Waals surface area contributed by atoms with Gasteiger partial charge in [0.2, 0.25) is 6.20 Å². The summed E-state index contributed by atoms with van der Waals surface area (Å²) in [6, 6.07) is 4.24. The molecule has 0 heterocycles. The molecule has 0 aliphatic heterocycles. The van der Waals surface area contributed by atoms with Crippen molar-refractivity contribution in [2.45, 2.75) is 6.61 Å². The quantitative estimate of drug-likeness (QED) is 0.632. The van der Waals surface area contributed by atoms with E-state index >= 15 is 0 Å². The highest BCUT2D eigenvalue weighted by Gasteiger charge is 2.08. The first-order chi connectivity index (χ1) is 7.49. The van der Waals surface area contributed by atoms with Crippen molar-refractivity contribution < 1.29 is 18.4 Å². The van der Waals surface area contributed by atoms with Gasteiger partial charge in [0.15, 0.2) is 0 Å². The van der Waals surface area contributed by atoms with Crippen LogP contribution in [-0.2, 0) is 0 Å². The van der Waals surface area contributed by atoms with Gasteiger partial charge >= 0.3 is 6.61 Å². The van der Waals surface area contributed by atoms with Crippen molar-refractivity contribution in [3.05, 3.63) is 44.5 Å². The number of ether oxygens (including phenoxy) is 1. The highest BCUT2D eigenvalue weighted by molar-refractivity contribution is 9.10.